The molecule has 0 saturated carbocycles. The maximum absolute atomic E-state index is 13.6. The van der Waals surface area contributed by atoms with Gasteiger partial charge in [0.05, 0.1) is 11.9 Å². The van der Waals surface area contributed by atoms with E-state index in [9.17, 15) is 19.5 Å². The number of hydrogen-bond acceptors (Lipinski definition) is 6. The first-order chi connectivity index (χ1) is 18.1. The summed E-state index contributed by atoms with van der Waals surface area (Å²) in [7, 11) is 0. The number of amides is 3. The summed E-state index contributed by atoms with van der Waals surface area (Å²) in [6.07, 6.45) is 3.47. The maximum atomic E-state index is 13.6. The zero-order chi connectivity index (χ0) is 27.7. The van der Waals surface area contributed by atoms with Crippen LogP contribution in [0.5, 0.6) is 0 Å². The lowest BCUT2D eigenvalue weighted by Gasteiger charge is -2.33. The molecule has 8 nitrogen and oxygen atoms in total. The Hall–Kier alpha value is -3.19. The minimum Gasteiger partial charge on any atom is -0.436 e. The van der Waals surface area contributed by atoms with Crippen molar-refractivity contribution in [3.8, 4) is 12.3 Å². The number of rotatable bonds is 10. The molecule has 3 rings (SSSR count). The average molecular weight is 558 g/mol. The van der Waals surface area contributed by atoms with Gasteiger partial charge in [-0.3, -0.25) is 9.59 Å². The van der Waals surface area contributed by atoms with Gasteiger partial charge in [-0.05, 0) is 43.9 Å². The largest absolute Gasteiger partial charge is 0.436 e. The van der Waals surface area contributed by atoms with Crippen LogP contribution in [-0.2, 0) is 27.3 Å². The van der Waals surface area contributed by atoms with E-state index in [1.165, 1.54) is 16.7 Å². The lowest BCUT2D eigenvalue weighted by molar-refractivity contribution is -0.147. The summed E-state index contributed by atoms with van der Waals surface area (Å²) in [5, 5.41) is 17.1. The average Bonchev–Trinajstić information content (AvgIpc) is 3.23. The highest BCUT2D eigenvalue weighted by Gasteiger charge is 2.49. The summed E-state index contributed by atoms with van der Waals surface area (Å²) in [6.45, 7) is 3.70. The number of terminal acetylenes is 1. The van der Waals surface area contributed by atoms with Crippen molar-refractivity contribution in [2.24, 2.45) is 0 Å². The molecule has 0 radical (unpaired) electrons. The summed E-state index contributed by atoms with van der Waals surface area (Å²) in [5.41, 5.74) is 1.73. The number of nitrogens with zero attached hydrogens (tertiary/aromatic N) is 1. The molecule has 3 atom stereocenters. The van der Waals surface area contributed by atoms with Crippen molar-refractivity contribution in [3.63, 3.8) is 0 Å². The maximum Gasteiger partial charge on any atom is 0.408 e. The molecule has 3 N–H and O–H groups in total. The second-order valence-corrected chi connectivity index (χ2v) is 11.4. The molecule has 1 heterocycles. The van der Waals surface area contributed by atoms with E-state index in [2.05, 4.69) is 16.6 Å². The van der Waals surface area contributed by atoms with Crippen LogP contribution >= 0.6 is 23.4 Å². The van der Waals surface area contributed by atoms with Gasteiger partial charge in [-0.1, -0.05) is 66.1 Å². The van der Waals surface area contributed by atoms with Crippen LogP contribution < -0.4 is 10.6 Å². The van der Waals surface area contributed by atoms with Gasteiger partial charge in [-0.2, -0.15) is 0 Å². The highest BCUT2D eigenvalue weighted by atomic mass is 35.5. The van der Waals surface area contributed by atoms with E-state index in [1.807, 2.05) is 56.3 Å². The summed E-state index contributed by atoms with van der Waals surface area (Å²) in [5.74, 6) is 1.40. The van der Waals surface area contributed by atoms with Gasteiger partial charge < -0.3 is 25.4 Å². The number of carbonyl (C=O) groups is 3. The Morgan fingerprint density at radius 1 is 1.21 bits per heavy atom. The predicted molar refractivity (Wildman–Crippen MR) is 148 cm³/mol. The van der Waals surface area contributed by atoms with E-state index < -0.39 is 34.9 Å². The van der Waals surface area contributed by atoms with Crippen molar-refractivity contribution in [2.45, 2.75) is 56.2 Å². The Kier molecular flexibility index (Phi) is 10.5. The minimum atomic E-state index is -1.61. The molecular formula is C28H32ClN3O5S. The Morgan fingerprint density at radius 3 is 2.58 bits per heavy atom. The standard InChI is InChI=1S/C28H32ClN3O5S/c1-4-16-37-27(36)31-22(15-14-19-10-6-5-7-11-19)23(33)26(35)32-18-38-28(2,3)24(32)25(34)30-17-20-12-8-9-13-21(20)29/h1,5-13,22-24,33H,14-18H2,2-3H3,(H,30,34)(H,31,36)/t22-,23-,24+/m0/s1. The highest BCUT2D eigenvalue weighted by Crippen LogP contribution is 2.40. The molecule has 10 heteroatoms. The minimum absolute atomic E-state index is 0.197. The fourth-order valence-electron chi connectivity index (χ4n) is 4.25. The summed E-state index contributed by atoms with van der Waals surface area (Å²) < 4.78 is 4.29. The van der Waals surface area contributed by atoms with E-state index in [0.29, 0.717) is 11.4 Å². The van der Waals surface area contributed by atoms with Crippen LogP contribution in [0.15, 0.2) is 54.6 Å². The van der Waals surface area contributed by atoms with Gasteiger partial charge in [0.15, 0.2) is 12.7 Å². The molecule has 0 aliphatic carbocycles. The summed E-state index contributed by atoms with van der Waals surface area (Å²) in [4.78, 5) is 40.5. The van der Waals surface area contributed by atoms with Gasteiger partial charge in [-0.25, -0.2) is 4.79 Å². The molecular weight excluding hydrogens is 526 g/mol. The van der Waals surface area contributed by atoms with Crippen LogP contribution in [-0.4, -0.2) is 63.3 Å². The first-order valence-electron chi connectivity index (χ1n) is 12.2. The molecule has 38 heavy (non-hydrogen) atoms. The zero-order valence-electron chi connectivity index (χ0n) is 21.4. The molecule has 2 aromatic carbocycles. The van der Waals surface area contributed by atoms with E-state index >= 15 is 0 Å². The van der Waals surface area contributed by atoms with Crippen molar-refractivity contribution in [1.82, 2.24) is 15.5 Å². The van der Waals surface area contributed by atoms with Gasteiger partial charge in [0.2, 0.25) is 5.91 Å². The fraction of sp³-hybridized carbons (Fsp3) is 0.393. The third-order valence-electron chi connectivity index (χ3n) is 6.30. The molecule has 1 aliphatic rings. The second kappa shape index (κ2) is 13.6. The van der Waals surface area contributed by atoms with Gasteiger partial charge >= 0.3 is 6.09 Å². The molecule has 0 spiro atoms. The number of nitrogens with one attached hydrogen (secondary N) is 2. The SMILES string of the molecule is C#CCOC(=O)N[C@@H](CCc1ccccc1)[C@H](O)C(=O)N1CSC(C)(C)[C@H]1C(=O)NCc1ccccc1Cl. The number of hydrogen-bond donors (Lipinski definition) is 3. The molecule has 2 aromatic rings. The van der Waals surface area contributed by atoms with Crippen molar-refractivity contribution >= 4 is 41.3 Å². The van der Waals surface area contributed by atoms with Crippen LogP contribution in [0.1, 0.15) is 31.4 Å². The summed E-state index contributed by atoms with van der Waals surface area (Å²) in [6, 6.07) is 14.9. The lowest BCUT2D eigenvalue weighted by Crippen LogP contribution is -2.58. The molecule has 0 aromatic heterocycles. The normalized spacial score (nSPS) is 17.7. The monoisotopic (exact) mass is 557 g/mol. The Balaban J connectivity index is 1.75. The highest BCUT2D eigenvalue weighted by molar-refractivity contribution is 8.00. The first kappa shape index (κ1) is 29.4. The molecule has 1 aliphatic heterocycles. The van der Waals surface area contributed by atoms with Crippen LogP contribution in [0.25, 0.3) is 0 Å². The van der Waals surface area contributed by atoms with E-state index in [0.717, 1.165) is 11.1 Å². The van der Waals surface area contributed by atoms with E-state index in [-0.39, 0.29) is 31.4 Å². The third-order valence-corrected chi connectivity index (χ3v) is 8.04. The second-order valence-electron chi connectivity index (χ2n) is 9.40. The molecule has 0 bridgehead atoms. The number of benzene rings is 2. The fourth-order valence-corrected chi connectivity index (χ4v) is 5.59. The van der Waals surface area contributed by atoms with Gasteiger partial charge in [0, 0.05) is 16.3 Å². The van der Waals surface area contributed by atoms with E-state index in [4.69, 9.17) is 22.8 Å². The Labute approximate surface area is 232 Å². The van der Waals surface area contributed by atoms with Crippen LogP contribution in [0, 0.1) is 12.3 Å². The van der Waals surface area contributed by atoms with Crippen molar-refractivity contribution in [1.29, 1.82) is 0 Å². The smallest absolute Gasteiger partial charge is 0.408 e. The van der Waals surface area contributed by atoms with Crippen molar-refractivity contribution < 1.29 is 24.2 Å². The number of halogens is 1. The Bertz CT molecular complexity index is 1170. The Morgan fingerprint density at radius 2 is 1.89 bits per heavy atom. The van der Waals surface area contributed by atoms with Gasteiger partial charge in [0.25, 0.3) is 5.91 Å². The topological polar surface area (TPSA) is 108 Å². The van der Waals surface area contributed by atoms with Crippen molar-refractivity contribution in [3.05, 3.63) is 70.7 Å². The summed E-state index contributed by atoms with van der Waals surface area (Å²) >= 11 is 7.65. The van der Waals surface area contributed by atoms with Crippen LogP contribution in [0.2, 0.25) is 5.02 Å². The molecule has 1 saturated heterocycles. The number of aryl methyl sites for hydroxylation is 1. The molecule has 0 unspecified atom stereocenters. The lowest BCUT2D eigenvalue weighted by atomic mass is 9.97. The van der Waals surface area contributed by atoms with Crippen LogP contribution in [0.3, 0.4) is 0 Å². The molecule has 202 valence electrons. The van der Waals surface area contributed by atoms with E-state index in [1.54, 1.807) is 12.1 Å². The quantitative estimate of drug-likeness (QED) is 0.387. The molecule has 1 fully saturated rings. The zero-order valence-corrected chi connectivity index (χ0v) is 22.9. The number of carbonyl (C=O) groups excluding carboxylic acids is 3. The third kappa shape index (κ3) is 7.67. The number of thioether (sulfide) groups is 1. The number of alkyl carbamates (subject to hydrolysis) is 1. The molecule has 3 amide bonds. The van der Waals surface area contributed by atoms with Gasteiger partial charge in [-0.15, -0.1) is 18.2 Å². The number of aliphatic hydroxyl groups excluding tert-OH is 1. The van der Waals surface area contributed by atoms with Crippen LogP contribution in [0.4, 0.5) is 4.79 Å². The number of aliphatic hydroxyl groups is 1. The first-order valence-corrected chi connectivity index (χ1v) is 13.5. The number of ether oxygens (including phenoxy) is 1. The van der Waals surface area contributed by atoms with Gasteiger partial charge in [0.1, 0.15) is 6.04 Å². The predicted octanol–water partition coefficient (Wildman–Crippen LogP) is 3.36. The van der Waals surface area contributed by atoms with Crippen molar-refractivity contribution in [2.75, 3.05) is 12.5 Å².